The van der Waals surface area contributed by atoms with E-state index >= 15 is 0 Å². The minimum absolute atomic E-state index is 0.657. The molecule has 0 aromatic carbocycles. The molecule has 0 unspecified atom stereocenters. The number of hydrogen-bond donors (Lipinski definition) is 1. The lowest BCUT2D eigenvalue weighted by Gasteiger charge is -2.22. The van der Waals surface area contributed by atoms with Gasteiger partial charge in [0.1, 0.15) is 11.3 Å². The summed E-state index contributed by atoms with van der Waals surface area (Å²) in [6.45, 7) is 2.97. The average molecular weight is 349 g/mol. The topological polar surface area (TPSA) is 55.6 Å². The molecule has 4 rings (SSSR count). The Bertz CT molecular complexity index is 893. The number of aromatic nitrogens is 4. The van der Waals surface area contributed by atoms with Crippen LogP contribution in [0.15, 0.2) is 30.9 Å². The Morgan fingerprint density at radius 2 is 1.88 bits per heavy atom. The van der Waals surface area contributed by atoms with Crippen molar-refractivity contribution in [2.75, 3.05) is 5.32 Å². The van der Waals surface area contributed by atoms with Gasteiger partial charge in [0.05, 0.1) is 18.0 Å². The molecule has 1 aliphatic carbocycles. The van der Waals surface area contributed by atoms with Crippen LogP contribution in [0.3, 0.4) is 0 Å². The predicted molar refractivity (Wildman–Crippen MR) is 105 cm³/mol. The van der Waals surface area contributed by atoms with Gasteiger partial charge in [0.25, 0.3) is 0 Å². The Morgan fingerprint density at radius 3 is 2.69 bits per heavy atom. The van der Waals surface area contributed by atoms with E-state index in [4.69, 9.17) is 4.98 Å². The molecule has 136 valence electrons. The van der Waals surface area contributed by atoms with Crippen molar-refractivity contribution in [2.24, 2.45) is 7.05 Å². The van der Waals surface area contributed by atoms with Crippen LogP contribution in [0.25, 0.3) is 11.0 Å². The maximum Gasteiger partial charge on any atom is 0.128 e. The van der Waals surface area contributed by atoms with Crippen LogP contribution in [0, 0.1) is 0 Å². The molecule has 3 aromatic heterocycles. The van der Waals surface area contributed by atoms with Gasteiger partial charge in [-0.05, 0) is 36.5 Å². The minimum atomic E-state index is 0.657. The van der Waals surface area contributed by atoms with Crippen molar-refractivity contribution in [1.29, 1.82) is 0 Å². The second-order valence-electron chi connectivity index (χ2n) is 7.33. The van der Waals surface area contributed by atoms with Crippen molar-refractivity contribution < 1.29 is 0 Å². The molecule has 1 aliphatic rings. The Labute approximate surface area is 154 Å². The first-order chi connectivity index (χ1) is 12.7. The fourth-order valence-corrected chi connectivity index (χ4v) is 3.97. The fraction of sp³-hybridized carbons (Fsp3) is 0.476. The second kappa shape index (κ2) is 7.44. The highest BCUT2D eigenvalue weighted by atomic mass is 15.0. The number of imidazole rings is 1. The van der Waals surface area contributed by atoms with Gasteiger partial charge in [0, 0.05) is 37.5 Å². The number of pyridine rings is 2. The summed E-state index contributed by atoms with van der Waals surface area (Å²) < 4.78 is 2.01. The molecule has 1 N–H and O–H groups in total. The molecule has 0 radical (unpaired) electrons. The van der Waals surface area contributed by atoms with Crippen LogP contribution >= 0.6 is 0 Å². The van der Waals surface area contributed by atoms with Crippen molar-refractivity contribution >= 4 is 16.9 Å². The van der Waals surface area contributed by atoms with Crippen LogP contribution < -0.4 is 5.32 Å². The summed E-state index contributed by atoms with van der Waals surface area (Å²) in [4.78, 5) is 13.6. The number of hydrogen-bond acceptors (Lipinski definition) is 4. The Hall–Kier alpha value is -2.43. The highest BCUT2D eigenvalue weighted by molar-refractivity contribution is 5.77. The molecule has 0 bridgehead atoms. The third-order valence-corrected chi connectivity index (χ3v) is 5.58. The molecule has 0 spiro atoms. The highest BCUT2D eigenvalue weighted by Gasteiger charge is 2.17. The fourth-order valence-electron chi connectivity index (χ4n) is 3.97. The third-order valence-electron chi connectivity index (χ3n) is 5.58. The first-order valence-electron chi connectivity index (χ1n) is 9.73. The van der Waals surface area contributed by atoms with Gasteiger partial charge in [-0.1, -0.05) is 26.2 Å². The summed E-state index contributed by atoms with van der Waals surface area (Å²) in [6.07, 6.45) is 13.4. The first-order valence-corrected chi connectivity index (χ1v) is 9.73. The van der Waals surface area contributed by atoms with E-state index in [1.54, 1.807) is 0 Å². The molecular formula is C21H27N5. The van der Waals surface area contributed by atoms with Crippen LogP contribution in [0.1, 0.15) is 61.8 Å². The zero-order valence-electron chi connectivity index (χ0n) is 15.7. The largest absolute Gasteiger partial charge is 0.366 e. The second-order valence-corrected chi connectivity index (χ2v) is 7.33. The summed E-state index contributed by atoms with van der Waals surface area (Å²) in [5.74, 6) is 1.53. The van der Waals surface area contributed by atoms with Crippen molar-refractivity contribution in [3.8, 4) is 0 Å². The number of nitrogens with zero attached hydrogens (tertiary/aromatic N) is 4. The molecular weight excluding hydrogens is 322 g/mol. The number of nitrogens with one attached hydrogen (secondary N) is 1. The standard InChI is InChI=1S/C21H27N5/c1-3-15-9-18(16-7-5-4-6-8-16)22-11-17(15)12-23-21-10-20-19(13-24-21)25-14-26(20)2/h9-11,13-14,16H,3-8,12H2,1-2H3,(H,23,24). The van der Waals surface area contributed by atoms with E-state index in [0.29, 0.717) is 5.92 Å². The van der Waals surface area contributed by atoms with Crippen LogP contribution in [-0.4, -0.2) is 19.5 Å². The smallest absolute Gasteiger partial charge is 0.128 e. The SMILES string of the molecule is CCc1cc(C2CCCCC2)ncc1CNc1cc2c(cn1)ncn2C. The molecule has 0 aliphatic heterocycles. The highest BCUT2D eigenvalue weighted by Crippen LogP contribution is 2.32. The van der Waals surface area contributed by atoms with Crippen molar-refractivity contribution in [2.45, 2.75) is 57.9 Å². The van der Waals surface area contributed by atoms with Gasteiger partial charge in [-0.3, -0.25) is 4.98 Å². The quantitative estimate of drug-likeness (QED) is 0.732. The van der Waals surface area contributed by atoms with E-state index in [1.807, 2.05) is 24.1 Å². The Balaban J connectivity index is 1.50. The lowest BCUT2D eigenvalue weighted by molar-refractivity contribution is 0.436. The van der Waals surface area contributed by atoms with Gasteiger partial charge >= 0.3 is 0 Å². The minimum Gasteiger partial charge on any atom is -0.366 e. The molecule has 3 aromatic rings. The zero-order valence-corrected chi connectivity index (χ0v) is 15.7. The van der Waals surface area contributed by atoms with Crippen LogP contribution in [0.4, 0.5) is 5.82 Å². The molecule has 26 heavy (non-hydrogen) atoms. The van der Waals surface area contributed by atoms with Crippen molar-refractivity contribution in [1.82, 2.24) is 19.5 Å². The van der Waals surface area contributed by atoms with E-state index in [1.165, 1.54) is 48.9 Å². The number of aryl methyl sites for hydroxylation is 2. The van der Waals surface area contributed by atoms with Gasteiger partial charge in [-0.15, -0.1) is 0 Å². The van der Waals surface area contributed by atoms with E-state index < -0.39 is 0 Å². The molecule has 0 atom stereocenters. The number of rotatable bonds is 5. The van der Waals surface area contributed by atoms with Gasteiger partial charge in [0.15, 0.2) is 0 Å². The van der Waals surface area contributed by atoms with E-state index in [9.17, 15) is 0 Å². The normalized spacial score (nSPS) is 15.5. The Kier molecular flexibility index (Phi) is 4.87. The summed E-state index contributed by atoms with van der Waals surface area (Å²) in [5.41, 5.74) is 5.96. The van der Waals surface area contributed by atoms with Gasteiger partial charge in [0.2, 0.25) is 0 Å². The molecule has 1 fully saturated rings. The first kappa shape index (κ1) is 17.0. The summed E-state index contributed by atoms with van der Waals surface area (Å²) in [6, 6.07) is 4.39. The maximum absolute atomic E-state index is 4.80. The van der Waals surface area contributed by atoms with Crippen molar-refractivity contribution in [3.05, 3.63) is 47.7 Å². The van der Waals surface area contributed by atoms with E-state index in [-0.39, 0.29) is 0 Å². The maximum atomic E-state index is 4.80. The zero-order chi connectivity index (χ0) is 17.9. The van der Waals surface area contributed by atoms with E-state index in [0.717, 1.165) is 29.8 Å². The lowest BCUT2D eigenvalue weighted by Crippen LogP contribution is -2.10. The lowest BCUT2D eigenvalue weighted by atomic mass is 9.86. The third kappa shape index (κ3) is 3.43. The van der Waals surface area contributed by atoms with Crippen LogP contribution in [-0.2, 0) is 20.0 Å². The van der Waals surface area contributed by atoms with Crippen LogP contribution in [0.5, 0.6) is 0 Å². The Morgan fingerprint density at radius 1 is 1.04 bits per heavy atom. The molecule has 5 nitrogen and oxygen atoms in total. The molecule has 3 heterocycles. The summed E-state index contributed by atoms with van der Waals surface area (Å²) in [7, 11) is 2.00. The van der Waals surface area contributed by atoms with E-state index in [2.05, 4.69) is 40.5 Å². The number of anilines is 1. The average Bonchev–Trinajstić information content (AvgIpc) is 3.07. The van der Waals surface area contributed by atoms with Crippen molar-refractivity contribution in [3.63, 3.8) is 0 Å². The van der Waals surface area contributed by atoms with Gasteiger partial charge in [-0.25, -0.2) is 9.97 Å². The summed E-state index contributed by atoms with van der Waals surface area (Å²) >= 11 is 0. The molecule has 5 heteroatoms. The van der Waals surface area contributed by atoms with Gasteiger partial charge in [-0.2, -0.15) is 0 Å². The molecule has 0 saturated heterocycles. The van der Waals surface area contributed by atoms with Gasteiger partial charge < -0.3 is 9.88 Å². The molecule has 0 amide bonds. The predicted octanol–water partition coefficient (Wildman–Crippen LogP) is 4.59. The number of fused-ring (bicyclic) bond motifs is 1. The molecule has 1 saturated carbocycles. The monoisotopic (exact) mass is 349 g/mol. The summed E-state index contributed by atoms with van der Waals surface area (Å²) in [5, 5.41) is 3.45. The van der Waals surface area contributed by atoms with Crippen LogP contribution in [0.2, 0.25) is 0 Å².